The van der Waals surface area contributed by atoms with Crippen LogP contribution in [-0.2, 0) is 11.2 Å². The van der Waals surface area contributed by atoms with Crippen LogP contribution in [0.3, 0.4) is 0 Å². The fourth-order valence-corrected chi connectivity index (χ4v) is 9.98. The zero-order chi connectivity index (χ0) is 30.7. The molecule has 5 heterocycles. The van der Waals surface area contributed by atoms with Crippen molar-refractivity contribution < 1.29 is 14.9 Å². The molecule has 1 aliphatic heterocycles. The molecular formula is C37H54O3S4. The monoisotopic (exact) mass is 674 g/mol. The van der Waals surface area contributed by atoms with Crippen molar-refractivity contribution in [1.82, 2.24) is 0 Å². The van der Waals surface area contributed by atoms with Crippen molar-refractivity contribution in [2.45, 2.75) is 136 Å². The SMILES string of the molecule is C.CC(C)(O)c1ccsc1-c1sccc1O.CCCCCCCCC1(CCCCCCCC)Oc2ccsc2-c2sccc21. The molecule has 7 heteroatoms. The molecule has 3 nitrogen and oxygen atoms in total. The Morgan fingerprint density at radius 2 is 1.14 bits per heavy atom. The molecule has 0 saturated carbocycles. The molecule has 0 saturated heterocycles. The largest absolute Gasteiger partial charge is 0.506 e. The maximum Gasteiger partial charge on any atom is 0.140 e. The first-order chi connectivity index (χ1) is 20.8. The Kier molecular flexibility index (Phi) is 15.0. The molecule has 5 rings (SSSR count). The second-order valence-corrected chi connectivity index (χ2v) is 15.9. The van der Waals surface area contributed by atoms with Gasteiger partial charge in [-0.25, -0.2) is 0 Å². The van der Waals surface area contributed by atoms with E-state index in [2.05, 4.69) is 36.7 Å². The summed E-state index contributed by atoms with van der Waals surface area (Å²) < 4.78 is 6.82. The second kappa shape index (κ2) is 17.9. The Morgan fingerprint density at radius 3 is 1.73 bits per heavy atom. The Labute approximate surface area is 283 Å². The lowest BCUT2D eigenvalue weighted by molar-refractivity contribution is 0.0397. The normalized spacial score (nSPS) is 13.3. The first-order valence-corrected chi connectivity index (χ1v) is 19.7. The summed E-state index contributed by atoms with van der Waals surface area (Å²) in [6, 6.07) is 8.13. The molecule has 0 amide bonds. The number of hydrogen-bond donors (Lipinski definition) is 2. The zero-order valence-electron chi connectivity index (χ0n) is 26.5. The molecular weight excluding hydrogens is 621 g/mol. The Balaban J connectivity index is 0.000000279. The summed E-state index contributed by atoms with van der Waals surface area (Å²) in [5.74, 6) is 1.42. The predicted octanol–water partition coefficient (Wildman–Crippen LogP) is 13.6. The third-order valence-electron chi connectivity index (χ3n) is 8.34. The second-order valence-electron chi connectivity index (χ2n) is 12.3. The maximum atomic E-state index is 9.98. The average Bonchev–Trinajstić information content (AvgIpc) is 3.79. The van der Waals surface area contributed by atoms with Crippen LogP contribution in [0.1, 0.15) is 136 Å². The van der Waals surface area contributed by atoms with Crippen LogP contribution in [0, 0.1) is 0 Å². The van der Waals surface area contributed by atoms with E-state index >= 15 is 0 Å². The molecule has 0 bridgehead atoms. The van der Waals surface area contributed by atoms with Gasteiger partial charge in [-0.15, -0.1) is 45.3 Å². The lowest BCUT2D eigenvalue weighted by Crippen LogP contribution is -2.35. The summed E-state index contributed by atoms with van der Waals surface area (Å²) in [7, 11) is 0. The van der Waals surface area contributed by atoms with Crippen LogP contribution >= 0.6 is 45.3 Å². The molecule has 0 unspecified atom stereocenters. The molecule has 0 fully saturated rings. The van der Waals surface area contributed by atoms with E-state index in [4.69, 9.17) is 4.74 Å². The van der Waals surface area contributed by atoms with Gasteiger partial charge in [0, 0.05) is 11.1 Å². The highest BCUT2D eigenvalue weighted by Crippen LogP contribution is 2.53. The fraction of sp³-hybridized carbons (Fsp3) is 0.568. The van der Waals surface area contributed by atoms with Gasteiger partial charge in [-0.05, 0) is 85.3 Å². The smallest absolute Gasteiger partial charge is 0.140 e. The van der Waals surface area contributed by atoms with E-state index in [0.29, 0.717) is 0 Å². The fourth-order valence-electron chi connectivity index (χ4n) is 5.97. The first-order valence-electron chi connectivity index (χ1n) is 16.2. The van der Waals surface area contributed by atoms with Gasteiger partial charge in [0.1, 0.15) is 17.1 Å². The van der Waals surface area contributed by atoms with Crippen LogP contribution < -0.4 is 4.74 Å². The van der Waals surface area contributed by atoms with Gasteiger partial charge in [-0.3, -0.25) is 0 Å². The number of unbranched alkanes of at least 4 members (excludes halogenated alkanes) is 10. The van der Waals surface area contributed by atoms with Crippen molar-refractivity contribution in [3.63, 3.8) is 0 Å². The van der Waals surface area contributed by atoms with Gasteiger partial charge in [0.2, 0.25) is 0 Å². The topological polar surface area (TPSA) is 49.7 Å². The summed E-state index contributed by atoms with van der Waals surface area (Å²) in [5, 5.41) is 27.9. The Morgan fingerprint density at radius 1 is 0.636 bits per heavy atom. The molecule has 0 aromatic carbocycles. The van der Waals surface area contributed by atoms with Gasteiger partial charge in [-0.1, -0.05) is 85.5 Å². The van der Waals surface area contributed by atoms with Gasteiger partial charge >= 0.3 is 0 Å². The van der Waals surface area contributed by atoms with E-state index in [-0.39, 0.29) is 18.8 Å². The van der Waals surface area contributed by atoms with Crippen molar-refractivity contribution in [1.29, 1.82) is 0 Å². The van der Waals surface area contributed by atoms with Crippen molar-refractivity contribution >= 4 is 45.3 Å². The zero-order valence-corrected chi connectivity index (χ0v) is 29.7. The van der Waals surface area contributed by atoms with Crippen molar-refractivity contribution in [2.75, 3.05) is 0 Å². The number of fused-ring (bicyclic) bond motifs is 3. The molecule has 1 aliphatic rings. The Bertz CT molecular complexity index is 1340. The van der Waals surface area contributed by atoms with E-state index in [1.165, 1.54) is 128 Å². The highest BCUT2D eigenvalue weighted by Gasteiger charge is 2.41. The van der Waals surface area contributed by atoms with Crippen molar-refractivity contribution in [3.8, 4) is 31.0 Å². The van der Waals surface area contributed by atoms with E-state index < -0.39 is 5.60 Å². The molecule has 244 valence electrons. The summed E-state index contributed by atoms with van der Waals surface area (Å²) in [6.07, 6.45) is 18.5. The van der Waals surface area contributed by atoms with Crippen molar-refractivity contribution in [2.24, 2.45) is 0 Å². The minimum absolute atomic E-state index is 0. The van der Waals surface area contributed by atoms with Gasteiger partial charge in [-0.2, -0.15) is 0 Å². The number of ether oxygens (including phenoxy) is 1. The lowest BCUT2D eigenvalue weighted by Gasteiger charge is -2.38. The minimum Gasteiger partial charge on any atom is -0.506 e. The number of aromatic hydroxyl groups is 1. The Hall–Kier alpha value is -1.64. The third-order valence-corrected chi connectivity index (χ3v) is 12.3. The van der Waals surface area contributed by atoms with Gasteiger partial charge in [0.25, 0.3) is 0 Å². The average molecular weight is 675 g/mol. The number of aliphatic hydroxyl groups is 1. The van der Waals surface area contributed by atoms with Gasteiger partial charge in [0.15, 0.2) is 0 Å². The summed E-state index contributed by atoms with van der Waals surface area (Å²) >= 11 is 6.77. The highest BCUT2D eigenvalue weighted by molar-refractivity contribution is 7.21. The molecule has 44 heavy (non-hydrogen) atoms. The van der Waals surface area contributed by atoms with E-state index in [9.17, 15) is 10.2 Å². The molecule has 4 aromatic heterocycles. The quantitative estimate of drug-likeness (QED) is 0.116. The number of thiophene rings is 4. The summed E-state index contributed by atoms with van der Waals surface area (Å²) in [6.45, 7) is 8.09. The minimum atomic E-state index is -0.869. The molecule has 0 aliphatic carbocycles. The summed E-state index contributed by atoms with van der Waals surface area (Å²) in [4.78, 5) is 4.62. The number of hydrogen-bond acceptors (Lipinski definition) is 7. The first kappa shape index (κ1) is 36.8. The third kappa shape index (κ3) is 9.45. The van der Waals surface area contributed by atoms with Gasteiger partial charge in [0.05, 0.1) is 25.1 Å². The standard InChI is InChI=1S/C25H38OS2.C11H12O2S2.CH4/c1-3-5-7-9-11-13-17-25(18-14-12-10-8-6-4-2)21-15-19-27-23(21)24-22(26-25)16-20-28-24;1-11(2,13)7-3-5-14-9(7)10-8(12)4-6-15-10;/h15-16,19-20H,3-14,17-18H2,1-2H3;3-6,12-13H,1-2H3;1H4. The van der Waals surface area contributed by atoms with Crippen LogP contribution in [0.15, 0.2) is 45.8 Å². The van der Waals surface area contributed by atoms with Gasteiger partial charge < -0.3 is 14.9 Å². The maximum absolute atomic E-state index is 9.98. The predicted molar refractivity (Wildman–Crippen MR) is 197 cm³/mol. The van der Waals surface area contributed by atoms with Crippen LogP contribution in [-0.4, -0.2) is 10.2 Å². The molecule has 0 spiro atoms. The molecule has 2 N–H and O–H groups in total. The molecule has 4 aromatic rings. The van der Waals surface area contributed by atoms with E-state index in [1.807, 2.05) is 39.5 Å². The van der Waals surface area contributed by atoms with Crippen LogP contribution in [0.4, 0.5) is 0 Å². The molecule has 0 atom stereocenters. The van der Waals surface area contributed by atoms with Crippen LogP contribution in [0.5, 0.6) is 11.5 Å². The summed E-state index contributed by atoms with van der Waals surface area (Å²) in [5.41, 5.74) is 1.39. The lowest BCUT2D eigenvalue weighted by atomic mass is 9.82. The van der Waals surface area contributed by atoms with E-state index in [1.54, 1.807) is 19.9 Å². The van der Waals surface area contributed by atoms with Crippen LogP contribution in [0.25, 0.3) is 19.5 Å². The van der Waals surface area contributed by atoms with Crippen LogP contribution in [0.2, 0.25) is 0 Å². The van der Waals surface area contributed by atoms with E-state index in [0.717, 1.165) is 21.1 Å². The highest BCUT2D eigenvalue weighted by atomic mass is 32.1. The number of rotatable bonds is 16. The molecule has 0 radical (unpaired) electrons. The van der Waals surface area contributed by atoms with Crippen molar-refractivity contribution in [3.05, 3.63) is 56.9 Å².